The van der Waals surface area contributed by atoms with Gasteiger partial charge in [-0.25, -0.2) is 4.79 Å². The van der Waals surface area contributed by atoms with Crippen molar-refractivity contribution in [3.63, 3.8) is 0 Å². The molecule has 0 aromatic carbocycles. The van der Waals surface area contributed by atoms with Crippen molar-refractivity contribution in [3.8, 4) is 0 Å². The van der Waals surface area contributed by atoms with E-state index in [1.165, 1.54) is 6.26 Å². The molecule has 0 fully saturated rings. The van der Waals surface area contributed by atoms with Crippen LogP contribution in [0.3, 0.4) is 0 Å². The molecule has 2 amide bonds. The van der Waals surface area contributed by atoms with Crippen LogP contribution in [0.4, 0.5) is 4.79 Å². The van der Waals surface area contributed by atoms with Gasteiger partial charge in [-0.05, 0) is 46.2 Å². The molecule has 126 valence electrons. The zero-order valence-corrected chi connectivity index (χ0v) is 14.1. The summed E-state index contributed by atoms with van der Waals surface area (Å²) < 4.78 is 10.5. The van der Waals surface area contributed by atoms with Crippen molar-refractivity contribution >= 4 is 6.03 Å². The second-order valence-electron chi connectivity index (χ2n) is 6.35. The second-order valence-corrected chi connectivity index (χ2v) is 6.35. The standard InChI is InChI=1S/C16H28N2O4/c1-11(9-13(19)14-7-6-8-22-14)17-15(20)18-12(2)10-16(3,4)21-5/h6-8,11-13,19H,9-10H2,1-5H3,(H2,17,18,20). The number of carbonyl (C=O) groups excluding carboxylic acids is 1. The largest absolute Gasteiger partial charge is 0.467 e. The number of methoxy groups -OCH3 is 1. The lowest BCUT2D eigenvalue weighted by Crippen LogP contribution is -2.46. The summed E-state index contributed by atoms with van der Waals surface area (Å²) >= 11 is 0. The number of urea groups is 1. The average Bonchev–Trinajstić information content (AvgIpc) is 2.91. The fourth-order valence-corrected chi connectivity index (χ4v) is 2.35. The molecule has 0 aliphatic heterocycles. The third-order valence-electron chi connectivity index (χ3n) is 3.55. The first-order valence-corrected chi connectivity index (χ1v) is 7.57. The van der Waals surface area contributed by atoms with Crippen LogP contribution in [0, 0.1) is 0 Å². The molecular weight excluding hydrogens is 284 g/mol. The normalized spacial score (nSPS) is 15.9. The highest BCUT2D eigenvalue weighted by Gasteiger charge is 2.22. The fourth-order valence-electron chi connectivity index (χ4n) is 2.35. The quantitative estimate of drug-likeness (QED) is 0.689. The number of carbonyl (C=O) groups is 1. The van der Waals surface area contributed by atoms with E-state index in [1.54, 1.807) is 19.2 Å². The van der Waals surface area contributed by atoms with Crippen LogP contribution in [0.2, 0.25) is 0 Å². The molecule has 6 nitrogen and oxygen atoms in total. The van der Waals surface area contributed by atoms with Crippen molar-refractivity contribution < 1.29 is 19.1 Å². The van der Waals surface area contributed by atoms with Crippen LogP contribution in [0.1, 0.15) is 52.4 Å². The summed E-state index contributed by atoms with van der Waals surface area (Å²) in [6, 6.07) is 2.99. The molecule has 3 N–H and O–H groups in total. The van der Waals surface area contributed by atoms with Crippen LogP contribution in [0.15, 0.2) is 22.8 Å². The summed E-state index contributed by atoms with van der Waals surface area (Å²) in [7, 11) is 1.66. The molecule has 1 heterocycles. The Morgan fingerprint density at radius 3 is 2.55 bits per heavy atom. The maximum Gasteiger partial charge on any atom is 0.315 e. The van der Waals surface area contributed by atoms with Gasteiger partial charge in [0, 0.05) is 25.6 Å². The smallest absolute Gasteiger partial charge is 0.315 e. The van der Waals surface area contributed by atoms with E-state index in [4.69, 9.17) is 9.15 Å². The summed E-state index contributed by atoms with van der Waals surface area (Å²) in [5.41, 5.74) is -0.284. The van der Waals surface area contributed by atoms with Crippen molar-refractivity contribution in [1.29, 1.82) is 0 Å². The Bertz CT molecular complexity index is 445. The summed E-state index contributed by atoms with van der Waals surface area (Å²) in [6.07, 6.45) is 1.89. The van der Waals surface area contributed by atoms with E-state index in [9.17, 15) is 9.90 Å². The maximum absolute atomic E-state index is 11.9. The number of aliphatic hydroxyl groups is 1. The van der Waals surface area contributed by atoms with Gasteiger partial charge < -0.3 is 24.9 Å². The third-order valence-corrected chi connectivity index (χ3v) is 3.55. The Balaban J connectivity index is 2.35. The maximum atomic E-state index is 11.9. The summed E-state index contributed by atoms with van der Waals surface area (Å²) in [5.74, 6) is 0.504. The van der Waals surface area contributed by atoms with Gasteiger partial charge in [-0.15, -0.1) is 0 Å². The Labute approximate surface area is 132 Å². The molecule has 22 heavy (non-hydrogen) atoms. The van der Waals surface area contributed by atoms with Gasteiger partial charge in [0.15, 0.2) is 0 Å². The molecule has 0 bridgehead atoms. The first-order valence-electron chi connectivity index (χ1n) is 7.57. The minimum atomic E-state index is -0.727. The van der Waals surface area contributed by atoms with Gasteiger partial charge in [0.2, 0.25) is 0 Å². The minimum Gasteiger partial charge on any atom is -0.467 e. The summed E-state index contributed by atoms with van der Waals surface area (Å²) in [5, 5.41) is 15.7. The predicted octanol–water partition coefficient (Wildman–Crippen LogP) is 2.59. The SMILES string of the molecule is COC(C)(C)CC(C)NC(=O)NC(C)CC(O)c1ccco1. The molecule has 0 aliphatic rings. The molecule has 0 saturated heterocycles. The van der Waals surface area contributed by atoms with Crippen LogP contribution in [0.5, 0.6) is 0 Å². The zero-order valence-electron chi connectivity index (χ0n) is 14.1. The first kappa shape index (κ1) is 18.5. The lowest BCUT2D eigenvalue weighted by atomic mass is 10.00. The molecule has 0 radical (unpaired) electrons. The van der Waals surface area contributed by atoms with E-state index in [-0.39, 0.29) is 23.7 Å². The Morgan fingerprint density at radius 2 is 2.00 bits per heavy atom. The Hall–Kier alpha value is -1.53. The number of hydrogen-bond acceptors (Lipinski definition) is 4. The highest BCUT2D eigenvalue weighted by Crippen LogP contribution is 2.18. The number of rotatable bonds is 8. The molecule has 0 aliphatic carbocycles. The highest BCUT2D eigenvalue weighted by atomic mass is 16.5. The van der Waals surface area contributed by atoms with Gasteiger partial charge in [-0.3, -0.25) is 0 Å². The van der Waals surface area contributed by atoms with E-state index in [0.717, 1.165) is 0 Å². The molecule has 1 aromatic heterocycles. The van der Waals surface area contributed by atoms with Gasteiger partial charge >= 0.3 is 6.03 Å². The third kappa shape index (κ3) is 6.49. The number of hydrogen-bond donors (Lipinski definition) is 3. The monoisotopic (exact) mass is 312 g/mol. The lowest BCUT2D eigenvalue weighted by Gasteiger charge is -2.27. The van der Waals surface area contributed by atoms with Crippen molar-refractivity contribution in [1.82, 2.24) is 10.6 Å². The summed E-state index contributed by atoms with van der Waals surface area (Å²) in [4.78, 5) is 11.9. The Morgan fingerprint density at radius 1 is 1.36 bits per heavy atom. The highest BCUT2D eigenvalue weighted by molar-refractivity contribution is 5.74. The van der Waals surface area contributed by atoms with E-state index in [0.29, 0.717) is 18.6 Å². The molecule has 0 spiro atoms. The lowest BCUT2D eigenvalue weighted by molar-refractivity contribution is 0.00948. The van der Waals surface area contributed by atoms with Crippen molar-refractivity contribution in [2.45, 2.75) is 64.3 Å². The van der Waals surface area contributed by atoms with Crippen LogP contribution in [0.25, 0.3) is 0 Å². The molecule has 1 rings (SSSR count). The van der Waals surface area contributed by atoms with Gasteiger partial charge in [-0.1, -0.05) is 0 Å². The van der Waals surface area contributed by atoms with Crippen molar-refractivity contribution in [2.24, 2.45) is 0 Å². The molecule has 0 saturated carbocycles. The summed E-state index contributed by atoms with van der Waals surface area (Å²) in [6.45, 7) is 7.73. The molecule has 1 aromatic rings. The Kier molecular flexibility index (Phi) is 6.90. The number of ether oxygens (including phenoxy) is 1. The number of aliphatic hydroxyl groups excluding tert-OH is 1. The van der Waals surface area contributed by atoms with Crippen molar-refractivity contribution in [3.05, 3.63) is 24.2 Å². The topological polar surface area (TPSA) is 83.7 Å². The fraction of sp³-hybridized carbons (Fsp3) is 0.688. The van der Waals surface area contributed by atoms with Gasteiger partial charge in [-0.2, -0.15) is 0 Å². The zero-order chi connectivity index (χ0) is 16.8. The molecule has 3 atom stereocenters. The first-order chi connectivity index (χ1) is 10.2. The molecule has 6 heteroatoms. The number of nitrogens with one attached hydrogen (secondary N) is 2. The number of furan rings is 1. The van der Waals surface area contributed by atoms with E-state index >= 15 is 0 Å². The molecular formula is C16H28N2O4. The van der Waals surface area contributed by atoms with Crippen LogP contribution in [-0.4, -0.2) is 35.9 Å². The van der Waals surface area contributed by atoms with Gasteiger partial charge in [0.05, 0.1) is 11.9 Å². The molecule has 3 unspecified atom stereocenters. The van der Waals surface area contributed by atoms with Crippen LogP contribution in [-0.2, 0) is 4.74 Å². The van der Waals surface area contributed by atoms with E-state index < -0.39 is 6.10 Å². The van der Waals surface area contributed by atoms with Crippen LogP contribution < -0.4 is 10.6 Å². The second kappa shape index (κ2) is 8.19. The van der Waals surface area contributed by atoms with Gasteiger partial charge in [0.1, 0.15) is 11.9 Å². The van der Waals surface area contributed by atoms with Crippen LogP contribution >= 0.6 is 0 Å². The van der Waals surface area contributed by atoms with E-state index in [1.807, 2.05) is 27.7 Å². The van der Waals surface area contributed by atoms with Crippen molar-refractivity contribution in [2.75, 3.05) is 7.11 Å². The average molecular weight is 312 g/mol. The predicted molar refractivity (Wildman–Crippen MR) is 84.6 cm³/mol. The van der Waals surface area contributed by atoms with Gasteiger partial charge in [0.25, 0.3) is 0 Å². The number of amides is 2. The van der Waals surface area contributed by atoms with E-state index in [2.05, 4.69) is 10.6 Å². The minimum absolute atomic E-state index is 0.0165.